The molecule has 7 heteroatoms. The van der Waals surface area contributed by atoms with Crippen LogP contribution in [0.4, 0.5) is 16.2 Å². The van der Waals surface area contributed by atoms with E-state index in [0.717, 1.165) is 11.1 Å². The fourth-order valence-electron chi connectivity index (χ4n) is 2.35. The van der Waals surface area contributed by atoms with E-state index in [1.807, 2.05) is 39.0 Å². The summed E-state index contributed by atoms with van der Waals surface area (Å²) in [6.45, 7) is 7.90. The van der Waals surface area contributed by atoms with Gasteiger partial charge in [-0.05, 0) is 44.9 Å². The average molecular weight is 315 g/mol. The van der Waals surface area contributed by atoms with Gasteiger partial charge >= 0.3 is 6.03 Å². The Morgan fingerprint density at radius 1 is 1.22 bits per heavy atom. The molecule has 0 fully saturated rings. The molecular formula is C16H21N5O2. The van der Waals surface area contributed by atoms with Crippen molar-refractivity contribution in [3.63, 3.8) is 0 Å². The lowest BCUT2D eigenvalue weighted by molar-refractivity contribution is 0.0991. The number of nitrogens with zero attached hydrogens (tertiary/aromatic N) is 2. The van der Waals surface area contributed by atoms with Gasteiger partial charge in [-0.25, -0.2) is 4.79 Å². The van der Waals surface area contributed by atoms with Gasteiger partial charge in [0.05, 0.1) is 11.4 Å². The molecule has 1 aromatic carbocycles. The van der Waals surface area contributed by atoms with Gasteiger partial charge < -0.3 is 16.4 Å². The second-order valence-corrected chi connectivity index (χ2v) is 5.39. The van der Waals surface area contributed by atoms with Crippen LogP contribution in [0.15, 0.2) is 18.2 Å². The van der Waals surface area contributed by atoms with Gasteiger partial charge in [0.15, 0.2) is 0 Å². The van der Waals surface area contributed by atoms with Gasteiger partial charge in [-0.1, -0.05) is 12.1 Å². The molecule has 0 saturated heterocycles. The predicted molar refractivity (Wildman–Crippen MR) is 89.7 cm³/mol. The van der Waals surface area contributed by atoms with E-state index in [9.17, 15) is 9.59 Å². The van der Waals surface area contributed by atoms with Crippen molar-refractivity contribution in [1.82, 2.24) is 9.78 Å². The molecule has 1 heterocycles. The van der Waals surface area contributed by atoms with Crippen molar-refractivity contribution in [2.45, 2.75) is 34.2 Å². The van der Waals surface area contributed by atoms with Crippen molar-refractivity contribution in [3.8, 4) is 0 Å². The van der Waals surface area contributed by atoms with Gasteiger partial charge in [0, 0.05) is 12.2 Å². The van der Waals surface area contributed by atoms with Crippen LogP contribution in [0.2, 0.25) is 0 Å². The van der Waals surface area contributed by atoms with Crippen LogP contribution in [0.1, 0.15) is 34.2 Å². The third kappa shape index (κ3) is 3.50. The van der Waals surface area contributed by atoms with Gasteiger partial charge in [-0.3, -0.25) is 9.48 Å². The lowest BCUT2D eigenvalue weighted by Crippen LogP contribution is -2.24. The summed E-state index contributed by atoms with van der Waals surface area (Å²) >= 11 is 0. The summed E-state index contributed by atoms with van der Waals surface area (Å²) in [4.78, 5) is 23.9. The molecule has 2 rings (SSSR count). The number of rotatable bonds is 4. The van der Waals surface area contributed by atoms with Gasteiger partial charge in [-0.15, -0.1) is 0 Å². The Morgan fingerprint density at radius 2 is 1.91 bits per heavy atom. The molecule has 1 aromatic heterocycles. The van der Waals surface area contributed by atoms with E-state index < -0.39 is 11.9 Å². The average Bonchev–Trinajstić information content (AvgIpc) is 2.79. The van der Waals surface area contributed by atoms with Gasteiger partial charge in [0.1, 0.15) is 5.69 Å². The van der Waals surface area contributed by atoms with Crippen LogP contribution in [-0.2, 0) is 6.54 Å². The zero-order valence-electron chi connectivity index (χ0n) is 13.7. The maximum atomic E-state index is 12.3. The molecule has 0 saturated carbocycles. The smallest absolute Gasteiger partial charge is 0.323 e. The zero-order valence-corrected chi connectivity index (χ0v) is 13.7. The van der Waals surface area contributed by atoms with Crippen molar-refractivity contribution in [2.24, 2.45) is 5.73 Å². The van der Waals surface area contributed by atoms with Crippen LogP contribution in [-0.4, -0.2) is 21.7 Å². The number of hydrogen-bond donors (Lipinski definition) is 3. The molecule has 3 amide bonds. The van der Waals surface area contributed by atoms with E-state index in [2.05, 4.69) is 15.7 Å². The van der Waals surface area contributed by atoms with Crippen LogP contribution in [0, 0.1) is 20.8 Å². The third-order valence-electron chi connectivity index (χ3n) is 3.54. The lowest BCUT2D eigenvalue weighted by atomic mass is 10.1. The number of nitrogens with one attached hydrogen (secondary N) is 2. The van der Waals surface area contributed by atoms with Crippen LogP contribution in [0.25, 0.3) is 0 Å². The number of amides is 3. The molecule has 0 atom stereocenters. The van der Waals surface area contributed by atoms with E-state index >= 15 is 0 Å². The first-order chi connectivity index (χ1) is 10.8. The van der Waals surface area contributed by atoms with E-state index in [0.29, 0.717) is 23.6 Å². The molecular weight excluding hydrogens is 294 g/mol. The normalized spacial score (nSPS) is 10.4. The van der Waals surface area contributed by atoms with Gasteiger partial charge in [-0.2, -0.15) is 5.10 Å². The molecule has 0 unspecified atom stereocenters. The summed E-state index contributed by atoms with van der Waals surface area (Å²) in [5, 5.41) is 9.67. The number of benzene rings is 1. The van der Waals surface area contributed by atoms with Gasteiger partial charge in [0.2, 0.25) is 0 Å². The summed E-state index contributed by atoms with van der Waals surface area (Å²) in [6.07, 6.45) is 0. The van der Waals surface area contributed by atoms with Crippen LogP contribution >= 0.6 is 0 Å². The molecule has 0 radical (unpaired) electrons. The number of primary amides is 1. The number of carbonyl (C=O) groups excluding carboxylic acids is 2. The SMILES string of the molecule is CCn1nc(C)c(NC(=O)Nc2cc(C)ccc2C)c1C(N)=O. The standard InChI is InChI=1S/C16H21N5O2/c1-5-21-14(15(17)22)13(11(4)20-21)19-16(23)18-12-8-9(2)6-7-10(12)3/h6-8H,5H2,1-4H3,(H2,17,22)(H2,18,19,23). The number of urea groups is 1. The minimum atomic E-state index is -0.630. The molecule has 7 nitrogen and oxygen atoms in total. The molecule has 2 aromatic rings. The Hall–Kier alpha value is -2.83. The molecule has 0 bridgehead atoms. The number of aromatic nitrogens is 2. The summed E-state index contributed by atoms with van der Waals surface area (Å²) in [5.41, 5.74) is 9.17. The Morgan fingerprint density at radius 3 is 2.52 bits per heavy atom. The molecule has 0 aliphatic carbocycles. The van der Waals surface area contributed by atoms with Crippen LogP contribution in [0.5, 0.6) is 0 Å². The maximum Gasteiger partial charge on any atom is 0.323 e. The number of hydrogen-bond acceptors (Lipinski definition) is 3. The quantitative estimate of drug-likeness (QED) is 0.808. The summed E-state index contributed by atoms with van der Waals surface area (Å²) < 4.78 is 1.48. The molecule has 122 valence electrons. The highest BCUT2D eigenvalue weighted by Crippen LogP contribution is 2.21. The topological polar surface area (TPSA) is 102 Å². The first-order valence-electron chi connectivity index (χ1n) is 7.36. The Balaban J connectivity index is 2.25. The van der Waals surface area contributed by atoms with E-state index in [-0.39, 0.29) is 5.69 Å². The maximum absolute atomic E-state index is 12.3. The van der Waals surface area contributed by atoms with E-state index in [1.54, 1.807) is 6.92 Å². The highest BCUT2D eigenvalue weighted by Gasteiger charge is 2.20. The largest absolute Gasteiger partial charge is 0.364 e. The number of anilines is 2. The minimum absolute atomic E-state index is 0.195. The fraction of sp³-hybridized carbons (Fsp3) is 0.312. The number of aryl methyl sites for hydroxylation is 4. The second-order valence-electron chi connectivity index (χ2n) is 5.39. The summed E-state index contributed by atoms with van der Waals surface area (Å²) in [7, 11) is 0. The molecule has 23 heavy (non-hydrogen) atoms. The summed E-state index contributed by atoms with van der Waals surface area (Å²) in [6, 6.07) is 5.34. The third-order valence-corrected chi connectivity index (χ3v) is 3.54. The zero-order chi connectivity index (χ0) is 17.1. The lowest BCUT2D eigenvalue weighted by Gasteiger charge is -2.11. The second kappa shape index (κ2) is 6.51. The Labute approximate surface area is 134 Å². The Kier molecular flexibility index (Phi) is 4.68. The fourth-order valence-corrected chi connectivity index (χ4v) is 2.35. The Bertz CT molecular complexity index is 764. The minimum Gasteiger partial charge on any atom is -0.364 e. The van der Waals surface area contributed by atoms with E-state index in [4.69, 9.17) is 5.73 Å². The van der Waals surface area contributed by atoms with Crippen LogP contribution < -0.4 is 16.4 Å². The van der Waals surface area contributed by atoms with Gasteiger partial charge in [0.25, 0.3) is 5.91 Å². The highest BCUT2D eigenvalue weighted by atomic mass is 16.2. The van der Waals surface area contributed by atoms with Crippen molar-refractivity contribution >= 4 is 23.3 Å². The molecule has 4 N–H and O–H groups in total. The monoisotopic (exact) mass is 315 g/mol. The molecule has 0 aliphatic heterocycles. The molecule has 0 spiro atoms. The first kappa shape index (κ1) is 16.5. The van der Waals surface area contributed by atoms with Crippen molar-refractivity contribution in [3.05, 3.63) is 40.7 Å². The number of nitrogens with two attached hydrogens (primary N) is 1. The van der Waals surface area contributed by atoms with Crippen LogP contribution in [0.3, 0.4) is 0 Å². The highest BCUT2D eigenvalue weighted by molar-refractivity contribution is 6.06. The summed E-state index contributed by atoms with van der Waals surface area (Å²) in [5.74, 6) is -0.630. The van der Waals surface area contributed by atoms with Crippen molar-refractivity contribution in [1.29, 1.82) is 0 Å². The molecule has 0 aliphatic rings. The van der Waals surface area contributed by atoms with E-state index in [1.165, 1.54) is 4.68 Å². The predicted octanol–water partition coefficient (Wildman–Crippen LogP) is 2.57. The van der Waals surface area contributed by atoms with Crippen molar-refractivity contribution < 1.29 is 9.59 Å². The first-order valence-corrected chi connectivity index (χ1v) is 7.36. The van der Waals surface area contributed by atoms with Crippen molar-refractivity contribution in [2.75, 3.05) is 10.6 Å². The number of carbonyl (C=O) groups is 2.